The monoisotopic (exact) mass is 209 g/mol. The van der Waals surface area contributed by atoms with Gasteiger partial charge in [0.05, 0.1) is 0 Å². The van der Waals surface area contributed by atoms with E-state index >= 15 is 0 Å². The molecule has 1 aliphatic heterocycles. The van der Waals surface area contributed by atoms with Crippen LogP contribution in [-0.4, -0.2) is 62.2 Å². The summed E-state index contributed by atoms with van der Waals surface area (Å²) in [6.07, 6.45) is 3.89. The van der Waals surface area contributed by atoms with Crippen molar-refractivity contribution in [1.82, 2.24) is 15.1 Å². The first-order valence-corrected chi connectivity index (χ1v) is 5.74. The van der Waals surface area contributed by atoms with Crippen LogP contribution in [0.5, 0.6) is 0 Å². The smallest absolute Gasteiger partial charge is 0.0161 e. The van der Waals surface area contributed by atoms with E-state index in [1.165, 1.54) is 26.2 Å². The van der Waals surface area contributed by atoms with E-state index in [1.54, 1.807) is 0 Å². The maximum absolute atomic E-state index is 3.77. The van der Waals surface area contributed by atoms with Crippen molar-refractivity contribution in [1.29, 1.82) is 0 Å². The Morgan fingerprint density at radius 3 is 2.27 bits per heavy atom. The minimum absolute atomic E-state index is 0.913. The Morgan fingerprint density at radius 1 is 1.00 bits per heavy atom. The maximum Gasteiger partial charge on any atom is 0.0161 e. The highest BCUT2D eigenvalue weighted by Crippen LogP contribution is 2.00. The molecule has 1 aliphatic rings. The second kappa shape index (κ2) is 7.63. The van der Waals surface area contributed by atoms with E-state index in [-0.39, 0.29) is 0 Å². The molecular formula is C12H23N3. The fourth-order valence-corrected chi connectivity index (χ4v) is 1.82. The van der Waals surface area contributed by atoms with Crippen LogP contribution in [0.2, 0.25) is 0 Å². The van der Waals surface area contributed by atoms with Gasteiger partial charge in [0, 0.05) is 52.4 Å². The van der Waals surface area contributed by atoms with Gasteiger partial charge in [-0.2, -0.15) is 0 Å². The van der Waals surface area contributed by atoms with Gasteiger partial charge in [-0.15, -0.1) is 13.2 Å². The molecule has 0 aromatic rings. The van der Waals surface area contributed by atoms with E-state index in [9.17, 15) is 0 Å². The largest absolute Gasteiger partial charge is 0.312 e. The highest BCUT2D eigenvalue weighted by molar-refractivity contribution is 4.79. The minimum atomic E-state index is 0.913. The molecule has 0 saturated carbocycles. The van der Waals surface area contributed by atoms with Crippen molar-refractivity contribution in [2.45, 2.75) is 0 Å². The zero-order valence-corrected chi connectivity index (χ0v) is 9.62. The van der Waals surface area contributed by atoms with Crippen molar-refractivity contribution in [3.8, 4) is 0 Å². The molecule has 0 radical (unpaired) electrons. The molecule has 0 spiro atoms. The third-order valence-corrected chi connectivity index (χ3v) is 2.75. The Morgan fingerprint density at radius 2 is 1.67 bits per heavy atom. The van der Waals surface area contributed by atoms with Gasteiger partial charge >= 0.3 is 0 Å². The summed E-state index contributed by atoms with van der Waals surface area (Å²) in [5.74, 6) is 0. The number of piperazine rings is 1. The summed E-state index contributed by atoms with van der Waals surface area (Å²) >= 11 is 0. The van der Waals surface area contributed by atoms with E-state index in [1.807, 2.05) is 12.2 Å². The molecule has 0 atom stereocenters. The van der Waals surface area contributed by atoms with E-state index in [2.05, 4.69) is 28.3 Å². The van der Waals surface area contributed by atoms with Gasteiger partial charge in [0.2, 0.25) is 0 Å². The fraction of sp³-hybridized carbons (Fsp3) is 0.667. The van der Waals surface area contributed by atoms with E-state index in [0.29, 0.717) is 0 Å². The van der Waals surface area contributed by atoms with Crippen molar-refractivity contribution in [3.05, 3.63) is 25.3 Å². The Labute approximate surface area is 93.4 Å². The van der Waals surface area contributed by atoms with Gasteiger partial charge in [0.15, 0.2) is 0 Å². The third-order valence-electron chi connectivity index (χ3n) is 2.75. The van der Waals surface area contributed by atoms with E-state index in [0.717, 1.165) is 26.2 Å². The molecule has 1 N–H and O–H groups in total. The summed E-state index contributed by atoms with van der Waals surface area (Å²) in [5, 5.41) is 3.33. The van der Waals surface area contributed by atoms with Crippen LogP contribution in [0, 0.1) is 0 Å². The molecule has 0 aliphatic carbocycles. The SMILES string of the molecule is C=CCNCCN1CCN(CC=C)CC1. The van der Waals surface area contributed by atoms with Crippen LogP contribution in [0.1, 0.15) is 0 Å². The van der Waals surface area contributed by atoms with Crippen molar-refractivity contribution in [2.75, 3.05) is 52.4 Å². The van der Waals surface area contributed by atoms with Crippen LogP contribution in [0.3, 0.4) is 0 Å². The molecule has 0 aromatic carbocycles. The third kappa shape index (κ3) is 5.11. The van der Waals surface area contributed by atoms with Crippen molar-refractivity contribution in [2.24, 2.45) is 0 Å². The minimum Gasteiger partial charge on any atom is -0.312 e. The van der Waals surface area contributed by atoms with Gasteiger partial charge in [0.1, 0.15) is 0 Å². The molecule has 1 rings (SSSR count). The van der Waals surface area contributed by atoms with Crippen LogP contribution in [0.4, 0.5) is 0 Å². The van der Waals surface area contributed by atoms with Gasteiger partial charge in [-0.05, 0) is 0 Å². The van der Waals surface area contributed by atoms with Crippen LogP contribution in [0.25, 0.3) is 0 Å². The summed E-state index contributed by atoms with van der Waals surface area (Å²) in [5.41, 5.74) is 0. The second-order valence-corrected chi connectivity index (χ2v) is 3.92. The Hall–Kier alpha value is -0.640. The van der Waals surface area contributed by atoms with E-state index < -0.39 is 0 Å². The molecule has 1 fully saturated rings. The quantitative estimate of drug-likeness (QED) is 0.488. The number of nitrogens with zero attached hydrogens (tertiary/aromatic N) is 2. The fourth-order valence-electron chi connectivity index (χ4n) is 1.82. The molecule has 3 nitrogen and oxygen atoms in total. The van der Waals surface area contributed by atoms with E-state index in [4.69, 9.17) is 0 Å². The lowest BCUT2D eigenvalue weighted by molar-refractivity contribution is 0.143. The van der Waals surface area contributed by atoms with Crippen LogP contribution in [-0.2, 0) is 0 Å². The Balaban J connectivity index is 2.04. The summed E-state index contributed by atoms with van der Waals surface area (Å²) in [6.45, 7) is 16.3. The summed E-state index contributed by atoms with van der Waals surface area (Å²) in [7, 11) is 0. The average Bonchev–Trinajstić information content (AvgIpc) is 2.27. The van der Waals surface area contributed by atoms with Crippen molar-refractivity contribution >= 4 is 0 Å². The van der Waals surface area contributed by atoms with Gasteiger partial charge in [0.25, 0.3) is 0 Å². The zero-order chi connectivity index (χ0) is 10.9. The molecule has 0 unspecified atom stereocenters. The number of rotatable bonds is 7. The lowest BCUT2D eigenvalue weighted by atomic mass is 10.3. The van der Waals surface area contributed by atoms with Crippen molar-refractivity contribution < 1.29 is 0 Å². The summed E-state index contributed by atoms with van der Waals surface area (Å²) in [4.78, 5) is 4.95. The average molecular weight is 209 g/mol. The topological polar surface area (TPSA) is 18.5 Å². The predicted octanol–water partition coefficient (Wildman–Crippen LogP) is 0.566. The summed E-state index contributed by atoms with van der Waals surface area (Å²) < 4.78 is 0. The first kappa shape index (κ1) is 12.4. The van der Waals surface area contributed by atoms with Crippen LogP contribution >= 0.6 is 0 Å². The molecule has 0 bridgehead atoms. The maximum atomic E-state index is 3.77. The summed E-state index contributed by atoms with van der Waals surface area (Å²) in [6, 6.07) is 0. The number of hydrogen-bond acceptors (Lipinski definition) is 3. The van der Waals surface area contributed by atoms with Gasteiger partial charge < -0.3 is 5.32 Å². The lowest BCUT2D eigenvalue weighted by Gasteiger charge is -2.34. The van der Waals surface area contributed by atoms with Crippen LogP contribution < -0.4 is 5.32 Å². The molecule has 15 heavy (non-hydrogen) atoms. The predicted molar refractivity (Wildman–Crippen MR) is 66.1 cm³/mol. The molecule has 0 amide bonds. The molecule has 1 heterocycles. The molecule has 3 heteroatoms. The van der Waals surface area contributed by atoms with Crippen LogP contribution in [0.15, 0.2) is 25.3 Å². The first-order chi connectivity index (χ1) is 7.36. The van der Waals surface area contributed by atoms with Crippen molar-refractivity contribution in [3.63, 3.8) is 0 Å². The first-order valence-electron chi connectivity index (χ1n) is 5.74. The number of hydrogen-bond donors (Lipinski definition) is 1. The second-order valence-electron chi connectivity index (χ2n) is 3.92. The Bertz CT molecular complexity index is 181. The molecule has 0 aromatic heterocycles. The van der Waals surface area contributed by atoms with Gasteiger partial charge in [-0.3, -0.25) is 9.80 Å². The molecule has 86 valence electrons. The van der Waals surface area contributed by atoms with Gasteiger partial charge in [-0.25, -0.2) is 0 Å². The molecule has 1 saturated heterocycles. The Kier molecular flexibility index (Phi) is 6.32. The lowest BCUT2D eigenvalue weighted by Crippen LogP contribution is -2.47. The normalized spacial score (nSPS) is 18.9. The number of nitrogens with one attached hydrogen (secondary N) is 1. The highest BCUT2D eigenvalue weighted by Gasteiger charge is 2.14. The van der Waals surface area contributed by atoms with Gasteiger partial charge in [-0.1, -0.05) is 12.2 Å². The zero-order valence-electron chi connectivity index (χ0n) is 9.62. The standard InChI is InChI=1S/C12H23N3/c1-3-5-13-6-8-15-11-9-14(7-4-2)10-12-15/h3-4,13H,1-2,5-12H2. The highest BCUT2D eigenvalue weighted by atomic mass is 15.3. The molecular weight excluding hydrogens is 186 g/mol.